The lowest BCUT2D eigenvalue weighted by molar-refractivity contribution is 0.181. The Balaban J connectivity index is 2.46. The number of ether oxygens (including phenoxy) is 2. The molecule has 2 rings (SSSR count). The van der Waals surface area contributed by atoms with Gasteiger partial charge in [-0.1, -0.05) is 0 Å². The molecule has 0 aliphatic carbocycles. The molecule has 0 fully saturated rings. The van der Waals surface area contributed by atoms with Crippen molar-refractivity contribution in [3.63, 3.8) is 0 Å². The largest absolute Gasteiger partial charge is 0.494 e. The minimum absolute atomic E-state index is 0.136. The number of hydrogen-bond acceptors (Lipinski definition) is 5. The maximum atomic E-state index is 13.4. The van der Waals surface area contributed by atoms with Gasteiger partial charge in [-0.3, -0.25) is 0 Å². The molecule has 0 saturated carbocycles. The number of methoxy groups -OCH3 is 2. The van der Waals surface area contributed by atoms with Crippen molar-refractivity contribution in [1.82, 2.24) is 9.97 Å². The number of anilines is 1. The maximum Gasteiger partial charge on any atom is 0.165 e. The first kappa shape index (κ1) is 13.2. The van der Waals surface area contributed by atoms with E-state index in [1.165, 1.54) is 19.2 Å². The number of rotatable bonds is 4. The number of nitrogens with two attached hydrogens (primary N) is 1. The fraction of sp³-hybridized carbons (Fsp3) is 0.231. The van der Waals surface area contributed by atoms with Crippen LogP contribution in [0.5, 0.6) is 5.75 Å². The summed E-state index contributed by atoms with van der Waals surface area (Å²) in [5.41, 5.74) is 7.00. The minimum Gasteiger partial charge on any atom is -0.494 e. The van der Waals surface area contributed by atoms with Crippen LogP contribution in [0, 0.1) is 5.82 Å². The summed E-state index contributed by atoms with van der Waals surface area (Å²) >= 11 is 0. The Morgan fingerprint density at radius 3 is 2.68 bits per heavy atom. The van der Waals surface area contributed by atoms with Crippen LogP contribution in [0.15, 0.2) is 24.3 Å². The molecule has 0 spiro atoms. The van der Waals surface area contributed by atoms with Gasteiger partial charge in [0.05, 0.1) is 19.4 Å². The third-order valence-electron chi connectivity index (χ3n) is 2.50. The van der Waals surface area contributed by atoms with Gasteiger partial charge in [0.25, 0.3) is 0 Å². The maximum absolute atomic E-state index is 13.4. The summed E-state index contributed by atoms with van der Waals surface area (Å²) in [7, 11) is 2.97. The molecule has 2 N–H and O–H groups in total. The second kappa shape index (κ2) is 5.62. The van der Waals surface area contributed by atoms with Gasteiger partial charge in [-0.25, -0.2) is 14.4 Å². The van der Waals surface area contributed by atoms with Gasteiger partial charge in [0.2, 0.25) is 0 Å². The number of halogens is 1. The second-order valence-electron chi connectivity index (χ2n) is 3.89. The molecule has 0 amide bonds. The van der Waals surface area contributed by atoms with Crippen molar-refractivity contribution in [2.24, 2.45) is 0 Å². The van der Waals surface area contributed by atoms with E-state index in [0.29, 0.717) is 29.5 Å². The van der Waals surface area contributed by atoms with Gasteiger partial charge >= 0.3 is 0 Å². The van der Waals surface area contributed by atoms with Crippen molar-refractivity contribution in [1.29, 1.82) is 0 Å². The first-order chi connectivity index (χ1) is 9.13. The molecule has 6 heteroatoms. The van der Waals surface area contributed by atoms with Crippen molar-refractivity contribution in [3.05, 3.63) is 35.8 Å². The van der Waals surface area contributed by atoms with Crippen LogP contribution in [0.4, 0.5) is 10.2 Å². The van der Waals surface area contributed by atoms with Gasteiger partial charge in [0, 0.05) is 18.7 Å². The van der Waals surface area contributed by atoms with Crippen LogP contribution in [-0.2, 0) is 11.3 Å². The number of nitrogen functional groups attached to an aromatic ring is 1. The van der Waals surface area contributed by atoms with Crippen molar-refractivity contribution in [3.8, 4) is 17.1 Å². The van der Waals surface area contributed by atoms with Gasteiger partial charge in [-0.15, -0.1) is 0 Å². The lowest BCUT2D eigenvalue weighted by Gasteiger charge is -2.07. The smallest absolute Gasteiger partial charge is 0.165 e. The van der Waals surface area contributed by atoms with Gasteiger partial charge in [-0.2, -0.15) is 0 Å². The molecule has 0 bridgehead atoms. The zero-order chi connectivity index (χ0) is 13.8. The molecule has 1 aromatic carbocycles. The lowest BCUT2D eigenvalue weighted by Crippen LogP contribution is -2.01. The lowest BCUT2D eigenvalue weighted by atomic mass is 10.2. The molecule has 0 atom stereocenters. The summed E-state index contributed by atoms with van der Waals surface area (Å²) in [4.78, 5) is 8.43. The number of nitrogens with zero attached hydrogens (tertiary/aromatic N) is 2. The Labute approximate surface area is 110 Å². The summed E-state index contributed by atoms with van der Waals surface area (Å²) < 4.78 is 23.3. The van der Waals surface area contributed by atoms with Crippen molar-refractivity contribution in [2.45, 2.75) is 6.61 Å². The Morgan fingerprint density at radius 1 is 1.21 bits per heavy atom. The van der Waals surface area contributed by atoms with Crippen LogP contribution in [0.1, 0.15) is 5.69 Å². The van der Waals surface area contributed by atoms with E-state index in [1.54, 1.807) is 19.2 Å². The molecular weight excluding hydrogens is 249 g/mol. The predicted octanol–water partition coefficient (Wildman–Crippen LogP) is 2.02. The first-order valence-corrected chi connectivity index (χ1v) is 5.60. The highest BCUT2D eigenvalue weighted by atomic mass is 19.1. The number of hydrogen-bond donors (Lipinski definition) is 1. The van der Waals surface area contributed by atoms with Crippen molar-refractivity contribution in [2.75, 3.05) is 20.0 Å². The van der Waals surface area contributed by atoms with Gasteiger partial charge in [0.1, 0.15) is 5.82 Å². The SMILES string of the molecule is COCc1cc(N)nc(-c2ccc(F)c(OC)c2)n1. The molecule has 5 nitrogen and oxygen atoms in total. The van der Waals surface area contributed by atoms with Gasteiger partial charge < -0.3 is 15.2 Å². The summed E-state index contributed by atoms with van der Waals surface area (Å²) in [5.74, 6) is 0.440. The van der Waals surface area contributed by atoms with E-state index < -0.39 is 5.82 Å². The molecule has 2 aromatic rings. The predicted molar refractivity (Wildman–Crippen MR) is 69.1 cm³/mol. The van der Waals surface area contributed by atoms with E-state index in [-0.39, 0.29) is 5.75 Å². The summed E-state index contributed by atoms with van der Waals surface area (Å²) in [6, 6.07) is 6.04. The molecular formula is C13H14FN3O2. The first-order valence-electron chi connectivity index (χ1n) is 5.60. The third-order valence-corrected chi connectivity index (χ3v) is 2.50. The molecule has 1 heterocycles. The quantitative estimate of drug-likeness (QED) is 0.913. The zero-order valence-corrected chi connectivity index (χ0v) is 10.7. The van der Waals surface area contributed by atoms with E-state index in [1.807, 2.05) is 0 Å². The van der Waals surface area contributed by atoms with Crippen molar-refractivity contribution < 1.29 is 13.9 Å². The van der Waals surface area contributed by atoms with Crippen LogP contribution in [0.3, 0.4) is 0 Å². The molecule has 0 radical (unpaired) electrons. The Hall–Kier alpha value is -2.21. The average molecular weight is 263 g/mol. The van der Waals surface area contributed by atoms with Crippen LogP contribution < -0.4 is 10.5 Å². The Bertz CT molecular complexity index is 590. The summed E-state index contributed by atoms with van der Waals surface area (Å²) in [5, 5.41) is 0. The highest BCUT2D eigenvalue weighted by Crippen LogP contribution is 2.24. The number of benzene rings is 1. The Kier molecular flexibility index (Phi) is 3.91. The number of aromatic nitrogens is 2. The minimum atomic E-state index is -0.438. The van der Waals surface area contributed by atoms with E-state index in [9.17, 15) is 4.39 Å². The standard InChI is InChI=1S/C13H14FN3O2/c1-18-7-9-6-12(15)17-13(16-9)8-3-4-10(14)11(5-8)19-2/h3-6H,7H2,1-2H3,(H2,15,16,17). The molecule has 1 aromatic heterocycles. The van der Waals surface area contributed by atoms with Gasteiger partial charge in [-0.05, 0) is 18.2 Å². The van der Waals surface area contributed by atoms with Crippen LogP contribution >= 0.6 is 0 Å². The van der Waals surface area contributed by atoms with Gasteiger partial charge in [0.15, 0.2) is 17.4 Å². The fourth-order valence-electron chi connectivity index (χ4n) is 1.67. The zero-order valence-electron chi connectivity index (χ0n) is 10.7. The molecule has 0 aliphatic heterocycles. The van der Waals surface area contributed by atoms with Crippen LogP contribution in [-0.4, -0.2) is 24.2 Å². The molecule has 0 aliphatic rings. The van der Waals surface area contributed by atoms with E-state index in [0.717, 1.165) is 0 Å². The van der Waals surface area contributed by atoms with Crippen LogP contribution in [0.2, 0.25) is 0 Å². The highest BCUT2D eigenvalue weighted by molar-refractivity contribution is 5.59. The molecule has 19 heavy (non-hydrogen) atoms. The van der Waals surface area contributed by atoms with Crippen molar-refractivity contribution >= 4 is 5.82 Å². The Morgan fingerprint density at radius 2 is 2.00 bits per heavy atom. The fourth-order valence-corrected chi connectivity index (χ4v) is 1.67. The summed E-state index contributed by atoms with van der Waals surface area (Å²) in [6.45, 7) is 0.331. The van der Waals surface area contributed by atoms with E-state index >= 15 is 0 Å². The molecule has 100 valence electrons. The van der Waals surface area contributed by atoms with Crippen LogP contribution in [0.25, 0.3) is 11.4 Å². The second-order valence-corrected chi connectivity index (χ2v) is 3.89. The molecule has 0 unspecified atom stereocenters. The van der Waals surface area contributed by atoms with E-state index in [4.69, 9.17) is 15.2 Å². The average Bonchev–Trinajstić information content (AvgIpc) is 2.39. The highest BCUT2D eigenvalue weighted by Gasteiger charge is 2.09. The normalized spacial score (nSPS) is 10.5. The topological polar surface area (TPSA) is 70.3 Å². The monoisotopic (exact) mass is 263 g/mol. The summed E-state index contributed by atoms with van der Waals surface area (Å²) in [6.07, 6.45) is 0. The molecule has 0 saturated heterocycles. The third kappa shape index (κ3) is 2.97. The van der Waals surface area contributed by atoms with E-state index in [2.05, 4.69) is 9.97 Å².